The highest BCUT2D eigenvalue weighted by Crippen LogP contribution is 2.45. The van der Waals surface area contributed by atoms with E-state index in [1.54, 1.807) is 13.8 Å². The van der Waals surface area contributed by atoms with Crippen LogP contribution in [0.15, 0.2) is 24.3 Å². The monoisotopic (exact) mass is 447 g/mol. The number of alkyl halides is 3. The van der Waals surface area contributed by atoms with E-state index in [1.165, 1.54) is 40.9 Å². The Morgan fingerprint density at radius 3 is 2.50 bits per heavy atom. The van der Waals surface area contributed by atoms with Crippen molar-refractivity contribution in [1.82, 2.24) is 4.90 Å². The average Bonchev–Trinajstić information content (AvgIpc) is 2.70. The van der Waals surface area contributed by atoms with Crippen molar-refractivity contribution in [3.8, 4) is 5.75 Å². The zero-order valence-corrected chi connectivity index (χ0v) is 17.0. The summed E-state index contributed by atoms with van der Waals surface area (Å²) in [6.45, 7) is 3.21. The molecule has 0 aliphatic carbocycles. The van der Waals surface area contributed by atoms with Crippen molar-refractivity contribution >= 4 is 29.6 Å². The Morgan fingerprint density at radius 1 is 1.27 bits per heavy atom. The van der Waals surface area contributed by atoms with Gasteiger partial charge in [0.2, 0.25) is 11.5 Å². The van der Waals surface area contributed by atoms with Crippen molar-refractivity contribution < 1.29 is 41.8 Å². The molecule has 0 radical (unpaired) electrons. The molecule has 0 spiro atoms. The molecule has 3 unspecified atom stereocenters. The zero-order valence-electron chi connectivity index (χ0n) is 16.2. The van der Waals surface area contributed by atoms with Gasteiger partial charge in [-0.15, -0.1) is 11.8 Å². The number of ether oxygens (including phenoxy) is 3. The van der Waals surface area contributed by atoms with Crippen LogP contribution in [0.1, 0.15) is 30.6 Å². The number of rotatable bonds is 7. The molecule has 4 atom stereocenters. The topological polar surface area (TPSA) is 82.1 Å². The average molecular weight is 447 g/mol. The van der Waals surface area contributed by atoms with Gasteiger partial charge in [-0.05, 0) is 38.1 Å². The highest BCUT2D eigenvalue weighted by atomic mass is 32.2. The molecule has 164 valence electrons. The summed E-state index contributed by atoms with van der Waals surface area (Å²) in [6.07, 6.45) is -6.34. The van der Waals surface area contributed by atoms with Gasteiger partial charge in [0.05, 0.1) is 35.8 Å². The minimum absolute atomic E-state index is 0.117. The number of thioether (sulfide) groups is 1. The fourth-order valence-electron chi connectivity index (χ4n) is 3.19. The van der Waals surface area contributed by atoms with Crippen LogP contribution >= 0.6 is 11.8 Å². The Kier molecular flexibility index (Phi) is 6.49. The fourth-order valence-corrected chi connectivity index (χ4v) is 4.68. The second-order valence-electron chi connectivity index (χ2n) is 6.79. The van der Waals surface area contributed by atoms with Gasteiger partial charge < -0.3 is 19.1 Å². The van der Waals surface area contributed by atoms with Crippen LogP contribution in [0.5, 0.6) is 5.75 Å². The molecule has 2 saturated heterocycles. The van der Waals surface area contributed by atoms with Crippen LogP contribution in [0, 0.1) is 0 Å². The number of carbonyl (C=O) groups excluding carboxylic acids is 3. The first-order chi connectivity index (χ1) is 14.2. The maximum absolute atomic E-state index is 13.5. The maximum atomic E-state index is 13.5. The highest BCUT2D eigenvalue weighted by Gasteiger charge is 2.59. The summed E-state index contributed by atoms with van der Waals surface area (Å²) in [5, 5.41) is -0.798. The van der Waals surface area contributed by atoms with Crippen LogP contribution in [0.2, 0.25) is 0 Å². The number of fused-ring (bicyclic) bond motifs is 1. The molecule has 2 aliphatic heterocycles. The van der Waals surface area contributed by atoms with E-state index in [1.807, 2.05) is 0 Å². The van der Waals surface area contributed by atoms with E-state index in [0.717, 1.165) is 0 Å². The van der Waals surface area contributed by atoms with Gasteiger partial charge in [-0.1, -0.05) is 0 Å². The Morgan fingerprint density at radius 2 is 1.93 bits per heavy atom. The highest BCUT2D eigenvalue weighted by molar-refractivity contribution is 8.00. The van der Waals surface area contributed by atoms with Crippen LogP contribution in [-0.2, 0) is 19.1 Å². The van der Waals surface area contributed by atoms with Gasteiger partial charge in [0.25, 0.3) is 0 Å². The number of amides is 1. The van der Waals surface area contributed by atoms with Crippen LogP contribution in [0.3, 0.4) is 0 Å². The second-order valence-corrected chi connectivity index (χ2v) is 8.31. The molecule has 30 heavy (non-hydrogen) atoms. The van der Waals surface area contributed by atoms with Gasteiger partial charge in [0.1, 0.15) is 5.75 Å². The summed E-state index contributed by atoms with van der Waals surface area (Å²) in [5.41, 5.74) is -1.66. The molecule has 0 aromatic heterocycles. The van der Waals surface area contributed by atoms with Crippen molar-refractivity contribution in [2.75, 3.05) is 13.2 Å². The Bertz CT molecular complexity index is 823. The van der Waals surface area contributed by atoms with E-state index in [0.29, 0.717) is 0 Å². The minimum Gasteiger partial charge on any atom is -0.472 e. The van der Waals surface area contributed by atoms with Gasteiger partial charge in [-0.3, -0.25) is 4.79 Å². The summed E-state index contributed by atoms with van der Waals surface area (Å²) in [4.78, 5) is 37.8. The van der Waals surface area contributed by atoms with Crippen LogP contribution in [0.25, 0.3) is 0 Å². The smallest absolute Gasteiger partial charge is 0.356 e. The van der Waals surface area contributed by atoms with Crippen LogP contribution in [-0.4, -0.2) is 64.9 Å². The normalized spacial score (nSPS) is 26.5. The number of nitrogens with zero attached hydrogens (tertiary/aromatic N) is 1. The standard InChI is InChI=1S/C19H20F3NO6S/c1-3-27-17(25)11-4-6-12(7-5-11)29-19(18(26)28-16(22)15(20)21)9-23-13(24)8-14(23)30-10(19)2/h4-7,10,14-16H,3,8-9H2,1-2H3/t10?,14-,16?,19?/m1/s1. The Balaban J connectivity index is 1.87. The predicted octanol–water partition coefficient (Wildman–Crippen LogP) is 2.78. The minimum atomic E-state index is -3.51. The molecule has 0 bridgehead atoms. The molecule has 1 amide bonds. The fraction of sp³-hybridized carbons (Fsp3) is 0.526. The molecule has 2 aliphatic rings. The Labute approximate surface area is 174 Å². The van der Waals surface area contributed by atoms with Crippen molar-refractivity contribution in [1.29, 1.82) is 0 Å². The number of esters is 2. The van der Waals surface area contributed by atoms with E-state index < -0.39 is 35.6 Å². The van der Waals surface area contributed by atoms with Gasteiger partial charge >= 0.3 is 24.7 Å². The molecule has 2 heterocycles. The van der Waals surface area contributed by atoms with Gasteiger partial charge in [-0.2, -0.15) is 4.39 Å². The molecule has 11 heteroatoms. The molecule has 3 rings (SSSR count). The molecule has 1 aromatic rings. The molecule has 7 nitrogen and oxygen atoms in total. The quantitative estimate of drug-likeness (QED) is 0.470. The molecule has 2 fully saturated rings. The van der Waals surface area contributed by atoms with Gasteiger partial charge in [0.15, 0.2) is 0 Å². The lowest BCUT2D eigenvalue weighted by molar-refractivity contribution is -0.194. The lowest BCUT2D eigenvalue weighted by Gasteiger charge is -2.52. The van der Waals surface area contributed by atoms with E-state index in [2.05, 4.69) is 4.74 Å². The van der Waals surface area contributed by atoms with E-state index >= 15 is 0 Å². The summed E-state index contributed by atoms with van der Waals surface area (Å²) >= 11 is 1.24. The molecular formula is C19H20F3NO6S. The number of hydrogen-bond donors (Lipinski definition) is 0. The second kappa shape index (κ2) is 8.75. The number of halogens is 3. The van der Waals surface area contributed by atoms with Crippen molar-refractivity contribution in [3.63, 3.8) is 0 Å². The number of carbonyl (C=O) groups is 3. The first-order valence-corrected chi connectivity index (χ1v) is 10.2. The summed E-state index contributed by atoms with van der Waals surface area (Å²) < 4.78 is 53.7. The Hall–Kier alpha value is -2.43. The van der Waals surface area contributed by atoms with E-state index in [-0.39, 0.29) is 42.2 Å². The summed E-state index contributed by atoms with van der Waals surface area (Å²) in [7, 11) is 0. The SMILES string of the molecule is CCOC(=O)c1ccc(OC2(C(=O)OC(F)C(F)F)CN3C(=O)C[C@H]3SC2C)cc1. The van der Waals surface area contributed by atoms with E-state index in [4.69, 9.17) is 9.47 Å². The third-order valence-electron chi connectivity index (χ3n) is 4.87. The zero-order chi connectivity index (χ0) is 22.1. The van der Waals surface area contributed by atoms with Crippen molar-refractivity contribution in [3.05, 3.63) is 29.8 Å². The number of β-lactam (4-membered cyclic amide) rings is 1. The number of hydrogen-bond acceptors (Lipinski definition) is 7. The molecule has 0 saturated carbocycles. The lowest BCUT2D eigenvalue weighted by atomic mass is 9.95. The first-order valence-electron chi connectivity index (χ1n) is 9.22. The summed E-state index contributed by atoms with van der Waals surface area (Å²) in [5.74, 6) is -2.00. The van der Waals surface area contributed by atoms with Crippen molar-refractivity contribution in [2.45, 2.75) is 49.3 Å². The summed E-state index contributed by atoms with van der Waals surface area (Å²) in [6, 6.07) is 5.59. The van der Waals surface area contributed by atoms with Crippen molar-refractivity contribution in [2.24, 2.45) is 0 Å². The van der Waals surface area contributed by atoms with Gasteiger partial charge in [-0.25, -0.2) is 18.4 Å². The third-order valence-corrected chi connectivity index (χ3v) is 6.39. The lowest BCUT2D eigenvalue weighted by Crippen LogP contribution is -2.69. The largest absolute Gasteiger partial charge is 0.472 e. The molecule has 1 aromatic carbocycles. The first kappa shape index (κ1) is 22.3. The van der Waals surface area contributed by atoms with Crippen LogP contribution < -0.4 is 4.74 Å². The van der Waals surface area contributed by atoms with E-state index in [9.17, 15) is 27.6 Å². The maximum Gasteiger partial charge on any atom is 0.356 e. The molecular weight excluding hydrogens is 427 g/mol. The van der Waals surface area contributed by atoms with Crippen LogP contribution in [0.4, 0.5) is 13.2 Å². The number of benzene rings is 1. The molecule has 0 N–H and O–H groups in total. The van der Waals surface area contributed by atoms with Gasteiger partial charge in [0, 0.05) is 0 Å². The third kappa shape index (κ3) is 4.21. The predicted molar refractivity (Wildman–Crippen MR) is 99.9 cm³/mol.